The maximum absolute atomic E-state index is 5.41. The second-order valence-electron chi connectivity index (χ2n) is 5.03. The molecule has 0 fully saturated rings. The SMILES string of the molecule is CCCCCCCCC(CC)(CC)OOOOCC. The molecule has 0 aromatic heterocycles. The molecule has 4 heteroatoms. The van der Waals surface area contributed by atoms with Gasteiger partial charge < -0.3 is 0 Å². The number of hydrogen-bond acceptors (Lipinski definition) is 4. The van der Waals surface area contributed by atoms with Crippen LogP contribution in [0.1, 0.15) is 85.5 Å². The van der Waals surface area contributed by atoms with E-state index >= 15 is 0 Å². The first-order chi connectivity index (χ1) is 9.24. The normalized spacial score (nSPS) is 12.0. The minimum atomic E-state index is -0.248. The van der Waals surface area contributed by atoms with Crippen molar-refractivity contribution in [2.45, 2.75) is 91.1 Å². The van der Waals surface area contributed by atoms with Crippen LogP contribution >= 0.6 is 0 Å². The van der Waals surface area contributed by atoms with Gasteiger partial charge in [0.25, 0.3) is 0 Å². The number of hydrogen-bond donors (Lipinski definition) is 0. The highest BCUT2D eigenvalue weighted by atomic mass is 17.7. The van der Waals surface area contributed by atoms with Gasteiger partial charge in [0.2, 0.25) is 0 Å². The van der Waals surface area contributed by atoms with Crippen LogP contribution in [0.15, 0.2) is 0 Å². The predicted octanol–water partition coefficient (Wildman–Crippen LogP) is 5.13. The van der Waals surface area contributed by atoms with E-state index in [4.69, 9.17) is 9.93 Å². The summed E-state index contributed by atoms with van der Waals surface area (Å²) in [5, 5.41) is 9.17. The fourth-order valence-electron chi connectivity index (χ4n) is 2.14. The minimum absolute atomic E-state index is 0.248. The molecule has 116 valence electrons. The van der Waals surface area contributed by atoms with Crippen molar-refractivity contribution >= 4 is 0 Å². The summed E-state index contributed by atoms with van der Waals surface area (Å²) < 4.78 is 0. The Bertz CT molecular complexity index is 181. The van der Waals surface area contributed by atoms with Crippen molar-refractivity contribution in [2.24, 2.45) is 0 Å². The van der Waals surface area contributed by atoms with Crippen molar-refractivity contribution in [2.75, 3.05) is 6.61 Å². The van der Waals surface area contributed by atoms with Gasteiger partial charge in [-0.05, 0) is 36.3 Å². The molecule has 0 atom stereocenters. The first-order valence-electron chi connectivity index (χ1n) is 7.88. The molecule has 0 amide bonds. The van der Waals surface area contributed by atoms with E-state index in [9.17, 15) is 0 Å². The molecule has 0 aliphatic rings. The zero-order chi connectivity index (χ0) is 14.4. The van der Waals surface area contributed by atoms with Gasteiger partial charge in [0.05, 0.1) is 6.61 Å². The number of unbranched alkanes of at least 4 members (excludes halogenated alkanes) is 5. The minimum Gasteiger partial charge on any atom is -0.204 e. The van der Waals surface area contributed by atoms with Crippen molar-refractivity contribution in [1.29, 1.82) is 0 Å². The lowest BCUT2D eigenvalue weighted by Gasteiger charge is -2.28. The van der Waals surface area contributed by atoms with Crippen LogP contribution in [0.25, 0.3) is 0 Å². The molecule has 19 heavy (non-hydrogen) atoms. The molecule has 0 saturated heterocycles. The Balaban J connectivity index is 3.81. The van der Waals surface area contributed by atoms with Gasteiger partial charge in [-0.25, -0.2) is 4.89 Å². The summed E-state index contributed by atoms with van der Waals surface area (Å²) in [4.78, 5) is 10.1. The first kappa shape index (κ1) is 18.8. The molecule has 0 saturated carbocycles. The van der Waals surface area contributed by atoms with Crippen molar-refractivity contribution in [3.8, 4) is 0 Å². The van der Waals surface area contributed by atoms with Crippen LogP contribution in [-0.4, -0.2) is 12.2 Å². The standard InChI is InChI=1S/C15H32O4/c1-5-9-10-11-12-13-14-15(6-2,7-3)17-19-18-16-8-4/h5-14H2,1-4H3. The molecule has 0 aromatic carbocycles. The summed E-state index contributed by atoms with van der Waals surface area (Å²) in [6.07, 6.45) is 10.5. The zero-order valence-electron chi connectivity index (χ0n) is 13.2. The van der Waals surface area contributed by atoms with Gasteiger partial charge in [0, 0.05) is 0 Å². The number of rotatable bonds is 14. The maximum Gasteiger partial charge on any atom is 0.106 e. The van der Waals surface area contributed by atoms with E-state index in [1.54, 1.807) is 0 Å². The third-order valence-electron chi connectivity index (χ3n) is 3.68. The predicted molar refractivity (Wildman–Crippen MR) is 76.2 cm³/mol. The van der Waals surface area contributed by atoms with E-state index in [0.29, 0.717) is 6.61 Å². The Morgan fingerprint density at radius 2 is 1.37 bits per heavy atom. The van der Waals surface area contributed by atoms with Crippen LogP contribution < -0.4 is 0 Å². The summed E-state index contributed by atoms with van der Waals surface area (Å²) >= 11 is 0. The molecule has 0 aliphatic heterocycles. The van der Waals surface area contributed by atoms with Crippen molar-refractivity contribution in [3.63, 3.8) is 0 Å². The molecule has 0 spiro atoms. The fourth-order valence-corrected chi connectivity index (χ4v) is 2.14. The monoisotopic (exact) mass is 276 g/mol. The average molecular weight is 276 g/mol. The van der Waals surface area contributed by atoms with Gasteiger partial charge in [-0.1, -0.05) is 59.3 Å². The molecule has 0 aliphatic carbocycles. The Morgan fingerprint density at radius 3 is 1.95 bits per heavy atom. The second-order valence-corrected chi connectivity index (χ2v) is 5.03. The molecule has 0 rings (SSSR count). The van der Waals surface area contributed by atoms with Gasteiger partial charge in [-0.2, -0.15) is 4.89 Å². The van der Waals surface area contributed by atoms with E-state index in [-0.39, 0.29) is 5.60 Å². The summed E-state index contributed by atoms with van der Waals surface area (Å²) in [7, 11) is 0. The Kier molecular flexibility index (Phi) is 12.7. The third kappa shape index (κ3) is 9.38. The van der Waals surface area contributed by atoms with Crippen LogP contribution in [-0.2, 0) is 19.9 Å². The molecule has 0 aromatic rings. The summed E-state index contributed by atoms with van der Waals surface area (Å²) in [6, 6.07) is 0. The summed E-state index contributed by atoms with van der Waals surface area (Å²) in [5.74, 6) is 0. The van der Waals surface area contributed by atoms with Crippen LogP contribution in [0.2, 0.25) is 0 Å². The molecular formula is C15H32O4. The van der Waals surface area contributed by atoms with Gasteiger partial charge in [0.1, 0.15) is 5.60 Å². The lowest BCUT2D eigenvalue weighted by Crippen LogP contribution is -2.31. The van der Waals surface area contributed by atoms with Crippen LogP contribution in [0.3, 0.4) is 0 Å². The third-order valence-corrected chi connectivity index (χ3v) is 3.68. The molecule has 0 radical (unpaired) electrons. The zero-order valence-corrected chi connectivity index (χ0v) is 13.2. The quantitative estimate of drug-likeness (QED) is 0.250. The van der Waals surface area contributed by atoms with E-state index < -0.39 is 0 Å². The molecule has 0 N–H and O–H groups in total. The second kappa shape index (κ2) is 12.9. The van der Waals surface area contributed by atoms with Crippen molar-refractivity contribution < 1.29 is 19.9 Å². The highest BCUT2D eigenvalue weighted by Gasteiger charge is 2.28. The molecule has 0 bridgehead atoms. The van der Waals surface area contributed by atoms with E-state index in [2.05, 4.69) is 30.7 Å². The summed E-state index contributed by atoms with van der Waals surface area (Å²) in [6.45, 7) is 8.73. The highest BCUT2D eigenvalue weighted by molar-refractivity contribution is 4.76. The van der Waals surface area contributed by atoms with E-state index in [1.807, 2.05) is 6.92 Å². The fraction of sp³-hybridized carbons (Fsp3) is 1.00. The largest absolute Gasteiger partial charge is 0.204 e. The lowest BCUT2D eigenvalue weighted by atomic mass is 9.90. The Morgan fingerprint density at radius 1 is 0.737 bits per heavy atom. The van der Waals surface area contributed by atoms with E-state index in [1.165, 1.54) is 38.5 Å². The molecular weight excluding hydrogens is 244 g/mol. The highest BCUT2D eigenvalue weighted by Crippen LogP contribution is 2.28. The Labute approximate surface area is 118 Å². The smallest absolute Gasteiger partial charge is 0.106 e. The van der Waals surface area contributed by atoms with Crippen molar-refractivity contribution in [3.05, 3.63) is 0 Å². The van der Waals surface area contributed by atoms with Crippen LogP contribution in [0, 0.1) is 0 Å². The lowest BCUT2D eigenvalue weighted by molar-refractivity contribution is -0.651. The first-order valence-corrected chi connectivity index (χ1v) is 7.88. The van der Waals surface area contributed by atoms with E-state index in [0.717, 1.165) is 19.3 Å². The van der Waals surface area contributed by atoms with Gasteiger partial charge in [-0.3, -0.25) is 0 Å². The molecule has 0 heterocycles. The van der Waals surface area contributed by atoms with Crippen molar-refractivity contribution in [1.82, 2.24) is 0 Å². The Hall–Kier alpha value is -0.160. The molecule has 0 unspecified atom stereocenters. The topological polar surface area (TPSA) is 36.9 Å². The maximum atomic E-state index is 5.41. The average Bonchev–Trinajstić information content (AvgIpc) is 2.45. The van der Waals surface area contributed by atoms with Gasteiger partial charge >= 0.3 is 0 Å². The van der Waals surface area contributed by atoms with Gasteiger partial charge in [0.15, 0.2) is 0 Å². The molecule has 4 nitrogen and oxygen atoms in total. The van der Waals surface area contributed by atoms with Gasteiger partial charge in [-0.15, -0.1) is 0 Å². The summed E-state index contributed by atoms with van der Waals surface area (Å²) in [5.41, 5.74) is -0.248. The van der Waals surface area contributed by atoms with Crippen LogP contribution in [0.5, 0.6) is 0 Å². The van der Waals surface area contributed by atoms with Crippen LogP contribution in [0.4, 0.5) is 0 Å².